The third kappa shape index (κ3) is 4.12. The molecule has 0 aliphatic heterocycles. The van der Waals surface area contributed by atoms with Crippen molar-refractivity contribution >= 4 is 22.4 Å². The molecule has 29 heavy (non-hydrogen) atoms. The lowest BCUT2D eigenvalue weighted by Gasteiger charge is -2.08. The monoisotopic (exact) mass is 406 g/mol. The molecule has 4 aromatic rings. The van der Waals surface area contributed by atoms with Crippen molar-refractivity contribution in [2.45, 2.75) is 0 Å². The van der Waals surface area contributed by atoms with Crippen molar-refractivity contribution in [3.8, 4) is 28.4 Å². The number of thiazole rings is 1. The minimum atomic E-state index is -0.349. The van der Waals surface area contributed by atoms with Gasteiger partial charge in [-0.25, -0.2) is 9.37 Å². The number of ether oxygens (including phenoxy) is 1. The van der Waals surface area contributed by atoms with Crippen LogP contribution in [0.5, 0.6) is 5.75 Å². The molecule has 0 atom stereocenters. The molecule has 0 radical (unpaired) electrons. The fourth-order valence-corrected chi connectivity index (χ4v) is 3.39. The first-order valence-corrected chi connectivity index (χ1v) is 9.50. The standard InChI is InChI=1S/C21H15FN4O2S/c1-28-15-8-9-17(24-11-15)18-12-29-21(25-18)26-20(27)16-3-2-10-23-19(16)13-4-6-14(22)7-5-13/h2-12H,1H3,(H,25,26,27). The molecule has 1 amide bonds. The van der Waals surface area contributed by atoms with Gasteiger partial charge >= 0.3 is 0 Å². The van der Waals surface area contributed by atoms with E-state index in [0.29, 0.717) is 39.1 Å². The second-order valence-corrected chi connectivity index (χ2v) is 6.84. The molecule has 6 nitrogen and oxygen atoms in total. The number of nitrogens with one attached hydrogen (secondary N) is 1. The van der Waals surface area contributed by atoms with Gasteiger partial charge in [-0.3, -0.25) is 20.1 Å². The van der Waals surface area contributed by atoms with Gasteiger partial charge in [-0.1, -0.05) is 0 Å². The minimum Gasteiger partial charge on any atom is -0.495 e. The summed E-state index contributed by atoms with van der Waals surface area (Å²) in [5, 5.41) is 5.05. The Morgan fingerprint density at radius 2 is 1.90 bits per heavy atom. The van der Waals surface area contributed by atoms with Gasteiger partial charge in [0, 0.05) is 17.1 Å². The second-order valence-electron chi connectivity index (χ2n) is 5.98. The average Bonchev–Trinajstić information content (AvgIpc) is 3.23. The van der Waals surface area contributed by atoms with Crippen LogP contribution >= 0.6 is 11.3 Å². The number of amides is 1. The van der Waals surface area contributed by atoms with E-state index in [1.165, 1.54) is 23.5 Å². The zero-order chi connectivity index (χ0) is 20.2. The fourth-order valence-electron chi connectivity index (χ4n) is 2.69. The quantitative estimate of drug-likeness (QED) is 0.521. The number of nitrogens with zero attached hydrogens (tertiary/aromatic N) is 3. The molecule has 0 unspecified atom stereocenters. The van der Waals surface area contributed by atoms with Gasteiger partial charge < -0.3 is 4.74 Å². The number of benzene rings is 1. The highest BCUT2D eigenvalue weighted by atomic mass is 32.1. The summed E-state index contributed by atoms with van der Waals surface area (Å²) in [6.45, 7) is 0. The van der Waals surface area contributed by atoms with Crippen molar-refractivity contribution in [2.24, 2.45) is 0 Å². The lowest BCUT2D eigenvalue weighted by molar-refractivity contribution is 0.102. The lowest BCUT2D eigenvalue weighted by atomic mass is 10.1. The van der Waals surface area contributed by atoms with Crippen LogP contribution < -0.4 is 10.1 Å². The number of carbonyl (C=O) groups is 1. The summed E-state index contributed by atoms with van der Waals surface area (Å²) >= 11 is 1.30. The van der Waals surface area contributed by atoms with Gasteiger partial charge in [0.05, 0.1) is 30.3 Å². The van der Waals surface area contributed by atoms with E-state index in [4.69, 9.17) is 4.74 Å². The predicted octanol–water partition coefficient (Wildman–Crippen LogP) is 4.67. The van der Waals surface area contributed by atoms with E-state index in [1.807, 2.05) is 5.38 Å². The Labute approximate surface area is 170 Å². The summed E-state index contributed by atoms with van der Waals surface area (Å²) < 4.78 is 18.3. The third-order valence-electron chi connectivity index (χ3n) is 4.13. The van der Waals surface area contributed by atoms with Crippen molar-refractivity contribution in [1.82, 2.24) is 15.0 Å². The molecule has 0 saturated carbocycles. The molecule has 4 rings (SSSR count). The van der Waals surface area contributed by atoms with Crippen molar-refractivity contribution in [2.75, 3.05) is 12.4 Å². The summed E-state index contributed by atoms with van der Waals surface area (Å²) in [4.78, 5) is 25.8. The largest absolute Gasteiger partial charge is 0.495 e. The van der Waals surface area contributed by atoms with Crippen molar-refractivity contribution in [3.05, 3.63) is 77.7 Å². The van der Waals surface area contributed by atoms with E-state index < -0.39 is 0 Å². The van der Waals surface area contributed by atoms with Gasteiger partial charge in [-0.05, 0) is 48.5 Å². The molecule has 0 spiro atoms. The van der Waals surface area contributed by atoms with E-state index in [2.05, 4.69) is 20.3 Å². The average molecular weight is 406 g/mol. The van der Waals surface area contributed by atoms with Crippen LogP contribution in [-0.2, 0) is 0 Å². The highest BCUT2D eigenvalue weighted by molar-refractivity contribution is 7.14. The maximum absolute atomic E-state index is 13.2. The summed E-state index contributed by atoms with van der Waals surface area (Å²) in [5.41, 5.74) is 2.82. The van der Waals surface area contributed by atoms with Gasteiger partial charge in [0.15, 0.2) is 5.13 Å². The second kappa shape index (κ2) is 8.15. The van der Waals surface area contributed by atoms with Crippen molar-refractivity contribution in [3.63, 3.8) is 0 Å². The Morgan fingerprint density at radius 3 is 2.62 bits per heavy atom. The molecular weight excluding hydrogens is 391 g/mol. The van der Waals surface area contributed by atoms with Gasteiger partial charge in [0.2, 0.25) is 0 Å². The number of methoxy groups -OCH3 is 1. The van der Waals surface area contributed by atoms with Crippen LogP contribution in [0.15, 0.2) is 66.3 Å². The Hall–Kier alpha value is -3.65. The molecular formula is C21H15FN4O2S. The number of anilines is 1. The molecule has 1 aromatic carbocycles. The molecule has 3 aromatic heterocycles. The zero-order valence-corrected chi connectivity index (χ0v) is 16.1. The molecule has 0 aliphatic rings. The predicted molar refractivity (Wildman–Crippen MR) is 109 cm³/mol. The third-order valence-corrected chi connectivity index (χ3v) is 4.89. The van der Waals surface area contributed by atoms with Crippen LogP contribution in [0.1, 0.15) is 10.4 Å². The topological polar surface area (TPSA) is 77.0 Å². The minimum absolute atomic E-state index is 0.346. The van der Waals surface area contributed by atoms with E-state index in [1.54, 1.807) is 55.9 Å². The Balaban J connectivity index is 1.56. The number of pyridine rings is 2. The summed E-state index contributed by atoms with van der Waals surface area (Å²) in [6, 6.07) is 12.8. The number of aromatic nitrogens is 3. The van der Waals surface area contributed by atoms with Gasteiger partial charge in [-0.15, -0.1) is 11.3 Å². The first-order chi connectivity index (χ1) is 14.1. The van der Waals surface area contributed by atoms with Crippen LogP contribution in [0, 0.1) is 5.82 Å². The smallest absolute Gasteiger partial charge is 0.259 e. The number of carbonyl (C=O) groups excluding carboxylic acids is 1. The van der Waals surface area contributed by atoms with Crippen LogP contribution in [0.4, 0.5) is 9.52 Å². The van der Waals surface area contributed by atoms with E-state index in [0.717, 1.165) is 0 Å². The molecule has 0 bridgehead atoms. The van der Waals surface area contributed by atoms with E-state index in [-0.39, 0.29) is 11.7 Å². The highest BCUT2D eigenvalue weighted by Crippen LogP contribution is 2.26. The van der Waals surface area contributed by atoms with E-state index in [9.17, 15) is 9.18 Å². The SMILES string of the molecule is COc1ccc(-c2csc(NC(=O)c3cccnc3-c3ccc(F)cc3)n2)nc1. The Morgan fingerprint density at radius 1 is 1.07 bits per heavy atom. The molecule has 8 heteroatoms. The van der Waals surface area contributed by atoms with Gasteiger partial charge in [0.25, 0.3) is 5.91 Å². The summed E-state index contributed by atoms with van der Waals surface area (Å²) in [5.74, 6) is -0.0402. The Bertz CT molecular complexity index is 1140. The van der Waals surface area contributed by atoms with Crippen LogP contribution in [0.2, 0.25) is 0 Å². The zero-order valence-electron chi connectivity index (χ0n) is 15.3. The Kier molecular flexibility index (Phi) is 5.26. The molecule has 0 saturated heterocycles. The van der Waals surface area contributed by atoms with Crippen LogP contribution in [0.25, 0.3) is 22.6 Å². The van der Waals surface area contributed by atoms with Crippen LogP contribution in [0.3, 0.4) is 0 Å². The molecule has 3 heterocycles. The fraction of sp³-hybridized carbons (Fsp3) is 0.0476. The maximum atomic E-state index is 13.2. The number of hydrogen-bond acceptors (Lipinski definition) is 6. The number of hydrogen-bond donors (Lipinski definition) is 1. The summed E-state index contributed by atoms with van der Waals surface area (Å²) in [6.07, 6.45) is 3.20. The first kappa shape index (κ1) is 18.7. The van der Waals surface area contributed by atoms with Crippen molar-refractivity contribution < 1.29 is 13.9 Å². The van der Waals surface area contributed by atoms with Gasteiger partial charge in [-0.2, -0.15) is 0 Å². The highest BCUT2D eigenvalue weighted by Gasteiger charge is 2.16. The molecule has 0 fully saturated rings. The maximum Gasteiger partial charge on any atom is 0.259 e. The summed E-state index contributed by atoms with van der Waals surface area (Å²) in [7, 11) is 1.58. The number of rotatable bonds is 5. The van der Waals surface area contributed by atoms with Crippen LogP contribution in [-0.4, -0.2) is 28.0 Å². The van der Waals surface area contributed by atoms with Crippen molar-refractivity contribution in [1.29, 1.82) is 0 Å². The number of halogens is 1. The normalized spacial score (nSPS) is 10.6. The lowest BCUT2D eigenvalue weighted by Crippen LogP contribution is -2.13. The molecule has 0 aliphatic carbocycles. The molecule has 1 N–H and O–H groups in total. The van der Waals surface area contributed by atoms with Gasteiger partial charge in [0.1, 0.15) is 17.3 Å². The first-order valence-electron chi connectivity index (χ1n) is 8.62. The molecule has 144 valence electrons. The van der Waals surface area contributed by atoms with E-state index >= 15 is 0 Å².